The van der Waals surface area contributed by atoms with Crippen molar-refractivity contribution in [2.75, 3.05) is 6.67 Å². The summed E-state index contributed by atoms with van der Waals surface area (Å²) in [5.41, 5.74) is 0. The highest BCUT2D eigenvalue weighted by molar-refractivity contribution is 5.69. The summed E-state index contributed by atoms with van der Waals surface area (Å²) in [6, 6.07) is 0. The van der Waals surface area contributed by atoms with E-state index in [1.54, 1.807) is 0 Å². The van der Waals surface area contributed by atoms with Gasteiger partial charge in [-0.25, -0.2) is 0 Å². The number of rotatable bonds is 3. The monoisotopic (exact) mass is 120 g/mol. The second kappa shape index (κ2) is 3.41. The topological polar surface area (TPSA) is 37.3 Å². The maximum Gasteiger partial charge on any atom is 0.306 e. The molecule has 0 aromatic rings. The Morgan fingerprint density at radius 1 is 1.88 bits per heavy atom. The van der Waals surface area contributed by atoms with Gasteiger partial charge in [0.15, 0.2) is 0 Å². The summed E-state index contributed by atoms with van der Waals surface area (Å²) in [7, 11) is 0. The third-order valence-corrected chi connectivity index (χ3v) is 0.964. The van der Waals surface area contributed by atoms with Crippen molar-refractivity contribution in [2.45, 2.75) is 13.3 Å². The summed E-state index contributed by atoms with van der Waals surface area (Å²) in [5.74, 6) is -1.47. The van der Waals surface area contributed by atoms with Crippen molar-refractivity contribution in [3.63, 3.8) is 0 Å². The Morgan fingerprint density at radius 3 is 2.50 bits per heavy atom. The largest absolute Gasteiger partial charge is 0.481 e. The molecule has 0 aliphatic rings. The Kier molecular flexibility index (Phi) is 3.15. The molecule has 0 aromatic heterocycles. The number of aliphatic carboxylic acids is 1. The van der Waals surface area contributed by atoms with E-state index in [2.05, 4.69) is 0 Å². The van der Waals surface area contributed by atoms with Gasteiger partial charge in [-0.05, 0) is 6.42 Å². The molecule has 1 N–H and O–H groups in total. The Labute approximate surface area is 47.3 Å². The van der Waals surface area contributed by atoms with Gasteiger partial charge in [0.25, 0.3) is 0 Å². The Morgan fingerprint density at radius 2 is 2.38 bits per heavy atom. The summed E-state index contributed by atoms with van der Waals surface area (Å²) in [6.45, 7) is 0.940. The molecule has 3 heteroatoms. The fourth-order valence-electron chi connectivity index (χ4n) is 0.287. The van der Waals surface area contributed by atoms with Crippen molar-refractivity contribution in [1.82, 2.24) is 0 Å². The molecule has 0 amide bonds. The zero-order valence-electron chi connectivity index (χ0n) is 4.72. The van der Waals surface area contributed by atoms with Crippen LogP contribution in [0.4, 0.5) is 4.39 Å². The van der Waals surface area contributed by atoms with Crippen molar-refractivity contribution in [3.05, 3.63) is 0 Å². The van der Waals surface area contributed by atoms with Crippen molar-refractivity contribution < 1.29 is 14.3 Å². The number of carbonyl (C=O) groups is 1. The molecule has 0 bridgehead atoms. The van der Waals surface area contributed by atoms with Crippen LogP contribution in [0.2, 0.25) is 0 Å². The predicted octanol–water partition coefficient (Wildman–Crippen LogP) is 1.07. The molecule has 48 valence electrons. The van der Waals surface area contributed by atoms with E-state index in [1.165, 1.54) is 6.92 Å². The third-order valence-electron chi connectivity index (χ3n) is 0.964. The molecule has 0 saturated heterocycles. The molecule has 0 rings (SSSR count). The first-order valence-corrected chi connectivity index (χ1v) is 2.47. The molecular weight excluding hydrogens is 111 g/mol. The lowest BCUT2D eigenvalue weighted by atomic mass is 10.1. The average Bonchev–Trinajstić information content (AvgIpc) is 1.67. The lowest BCUT2D eigenvalue weighted by Gasteiger charge is -1.98. The number of carboxylic acid groups (broad SMARTS) is 1. The molecule has 1 unspecified atom stereocenters. The molecule has 0 radical (unpaired) electrons. The van der Waals surface area contributed by atoms with Crippen LogP contribution in [0.3, 0.4) is 0 Å². The molecule has 0 fully saturated rings. The van der Waals surface area contributed by atoms with Gasteiger partial charge in [-0.1, -0.05) is 6.92 Å². The second-order valence-corrected chi connectivity index (χ2v) is 1.72. The van der Waals surface area contributed by atoms with Crippen LogP contribution < -0.4 is 0 Å². The predicted molar refractivity (Wildman–Crippen MR) is 27.4 cm³/mol. The number of hydrogen-bond donors (Lipinski definition) is 1. The van der Waals surface area contributed by atoms with Gasteiger partial charge in [-0.2, -0.15) is 0 Å². The Balaban J connectivity index is 3.32. The van der Waals surface area contributed by atoms with Crippen molar-refractivity contribution >= 4 is 5.97 Å². The third kappa shape index (κ3) is 2.55. The van der Waals surface area contributed by atoms with Gasteiger partial charge in [0, 0.05) is 0 Å². The molecule has 0 aliphatic heterocycles. The first-order chi connectivity index (χ1) is 3.68. The molecule has 2 nitrogen and oxygen atoms in total. The highest BCUT2D eigenvalue weighted by atomic mass is 19.1. The van der Waals surface area contributed by atoms with Gasteiger partial charge in [0.1, 0.15) is 0 Å². The molecule has 0 heterocycles. The van der Waals surface area contributed by atoms with Gasteiger partial charge in [0.2, 0.25) is 0 Å². The van der Waals surface area contributed by atoms with Gasteiger partial charge in [0.05, 0.1) is 12.6 Å². The van der Waals surface area contributed by atoms with Gasteiger partial charge < -0.3 is 5.11 Å². The number of carboxylic acids is 1. The van der Waals surface area contributed by atoms with E-state index in [1.807, 2.05) is 0 Å². The minimum Gasteiger partial charge on any atom is -0.481 e. The molecule has 8 heavy (non-hydrogen) atoms. The van der Waals surface area contributed by atoms with Crippen molar-refractivity contribution in [3.8, 4) is 0 Å². The van der Waals surface area contributed by atoms with Gasteiger partial charge in [-0.3, -0.25) is 9.18 Å². The minimum atomic E-state index is -0.928. The zero-order valence-corrected chi connectivity index (χ0v) is 4.72. The highest BCUT2D eigenvalue weighted by Crippen LogP contribution is 2.00. The van der Waals surface area contributed by atoms with Crippen LogP contribution in [0.15, 0.2) is 0 Å². The van der Waals surface area contributed by atoms with E-state index in [0.29, 0.717) is 0 Å². The van der Waals surface area contributed by atoms with E-state index in [0.717, 1.165) is 0 Å². The Hall–Kier alpha value is -0.600. The number of hydrogen-bond acceptors (Lipinski definition) is 1. The van der Waals surface area contributed by atoms with Crippen LogP contribution in [-0.4, -0.2) is 17.8 Å². The van der Waals surface area contributed by atoms with Crippen molar-refractivity contribution in [1.29, 1.82) is 0 Å². The van der Waals surface area contributed by atoms with Gasteiger partial charge in [-0.15, -0.1) is 0 Å². The van der Waals surface area contributed by atoms with Crippen LogP contribution in [-0.2, 0) is 4.79 Å². The van der Waals surface area contributed by atoms with Gasteiger partial charge >= 0.3 is 5.97 Å². The quantitative estimate of drug-likeness (QED) is 0.604. The summed E-state index contributed by atoms with van der Waals surface area (Å²) in [6.07, 6.45) is 0.120. The summed E-state index contributed by atoms with van der Waals surface area (Å²) < 4.78 is 11.3. The van der Waals surface area contributed by atoms with E-state index in [9.17, 15) is 9.18 Å². The maximum atomic E-state index is 11.3. The zero-order chi connectivity index (χ0) is 6.57. The smallest absolute Gasteiger partial charge is 0.306 e. The SMILES string of the molecule is CC(CCF)C(=O)O. The van der Waals surface area contributed by atoms with E-state index in [-0.39, 0.29) is 6.42 Å². The molecule has 1 atom stereocenters. The first-order valence-electron chi connectivity index (χ1n) is 2.47. The minimum absolute atomic E-state index is 0.120. The summed E-state index contributed by atoms with van der Waals surface area (Å²) >= 11 is 0. The fraction of sp³-hybridized carbons (Fsp3) is 0.800. The molecule has 0 spiro atoms. The second-order valence-electron chi connectivity index (χ2n) is 1.72. The van der Waals surface area contributed by atoms with Crippen LogP contribution in [0.1, 0.15) is 13.3 Å². The average molecular weight is 120 g/mol. The first kappa shape index (κ1) is 7.40. The standard InChI is InChI=1S/C5H9FO2/c1-4(2-3-6)5(7)8/h4H,2-3H2,1H3,(H,7,8). The summed E-state index contributed by atoms with van der Waals surface area (Å²) in [4.78, 5) is 9.92. The summed E-state index contributed by atoms with van der Waals surface area (Å²) in [5, 5.41) is 8.15. The Bertz CT molecular complexity index is 82.5. The lowest BCUT2D eigenvalue weighted by Crippen LogP contribution is -2.09. The molecule has 0 aromatic carbocycles. The molecular formula is C5H9FO2. The maximum absolute atomic E-state index is 11.3. The lowest BCUT2D eigenvalue weighted by molar-refractivity contribution is -0.141. The number of halogens is 1. The van der Waals surface area contributed by atoms with Crippen LogP contribution >= 0.6 is 0 Å². The van der Waals surface area contributed by atoms with Crippen LogP contribution in [0, 0.1) is 5.92 Å². The van der Waals surface area contributed by atoms with Crippen molar-refractivity contribution in [2.24, 2.45) is 5.92 Å². The van der Waals surface area contributed by atoms with E-state index >= 15 is 0 Å². The number of alkyl halides is 1. The molecule has 0 saturated carbocycles. The van der Waals surface area contributed by atoms with Crippen LogP contribution in [0.5, 0.6) is 0 Å². The molecule has 0 aliphatic carbocycles. The van der Waals surface area contributed by atoms with Crippen LogP contribution in [0.25, 0.3) is 0 Å². The highest BCUT2D eigenvalue weighted by Gasteiger charge is 2.08. The van der Waals surface area contributed by atoms with E-state index < -0.39 is 18.6 Å². The van der Waals surface area contributed by atoms with E-state index in [4.69, 9.17) is 5.11 Å². The fourth-order valence-corrected chi connectivity index (χ4v) is 0.287. The normalized spacial score (nSPS) is 13.2.